The van der Waals surface area contributed by atoms with E-state index in [4.69, 9.17) is 9.52 Å². The van der Waals surface area contributed by atoms with Gasteiger partial charge < -0.3 is 9.52 Å². The van der Waals surface area contributed by atoms with E-state index in [0.29, 0.717) is 11.6 Å². The van der Waals surface area contributed by atoms with Crippen LogP contribution in [0.3, 0.4) is 0 Å². The zero-order valence-electron chi connectivity index (χ0n) is 10.8. The van der Waals surface area contributed by atoms with E-state index in [-0.39, 0.29) is 11.2 Å². The number of carbonyl (C=O) groups is 1. The Morgan fingerprint density at radius 1 is 1.39 bits per heavy atom. The lowest BCUT2D eigenvalue weighted by Gasteiger charge is -2.14. The van der Waals surface area contributed by atoms with Crippen LogP contribution in [0.2, 0.25) is 0 Å². The van der Waals surface area contributed by atoms with Crippen molar-refractivity contribution in [2.45, 2.75) is 33.1 Å². The Kier molecular flexibility index (Phi) is 3.02. The van der Waals surface area contributed by atoms with Crippen LogP contribution >= 0.6 is 11.3 Å². The highest BCUT2D eigenvalue weighted by atomic mass is 32.1. The fourth-order valence-electron chi connectivity index (χ4n) is 1.63. The van der Waals surface area contributed by atoms with Crippen LogP contribution in [0.1, 0.15) is 41.9 Å². The number of nitrogens with zero attached hydrogens (tertiary/aromatic N) is 1. The van der Waals surface area contributed by atoms with Gasteiger partial charge in [-0.2, -0.15) is 0 Å². The molecule has 0 spiro atoms. The summed E-state index contributed by atoms with van der Waals surface area (Å²) in [5, 5.41) is 9.16. The summed E-state index contributed by atoms with van der Waals surface area (Å²) in [6.45, 7) is 7.74. The number of aromatic carboxylic acids is 1. The average molecular weight is 265 g/mol. The summed E-state index contributed by atoms with van der Waals surface area (Å²) in [4.78, 5) is 17.5. The van der Waals surface area contributed by atoms with Crippen LogP contribution in [-0.4, -0.2) is 16.1 Å². The Labute approximate surface area is 109 Å². The van der Waals surface area contributed by atoms with E-state index < -0.39 is 5.97 Å². The van der Waals surface area contributed by atoms with Gasteiger partial charge in [0.15, 0.2) is 0 Å². The van der Waals surface area contributed by atoms with Crippen molar-refractivity contribution in [3.8, 4) is 10.8 Å². The fourth-order valence-corrected chi connectivity index (χ4v) is 2.42. The molecule has 0 aromatic carbocycles. The highest BCUT2D eigenvalue weighted by Crippen LogP contribution is 2.33. The van der Waals surface area contributed by atoms with E-state index in [1.807, 2.05) is 39.8 Å². The van der Waals surface area contributed by atoms with Gasteiger partial charge in [0.2, 0.25) is 11.7 Å². The predicted molar refractivity (Wildman–Crippen MR) is 70.2 cm³/mol. The molecule has 0 radical (unpaired) electrons. The first-order valence-electron chi connectivity index (χ1n) is 5.60. The number of carboxylic acids is 1. The van der Waals surface area contributed by atoms with Crippen molar-refractivity contribution < 1.29 is 14.3 Å². The summed E-state index contributed by atoms with van der Waals surface area (Å²) < 4.78 is 5.40. The number of aryl methyl sites for hydroxylation is 1. The van der Waals surface area contributed by atoms with Gasteiger partial charge in [-0.3, -0.25) is 0 Å². The van der Waals surface area contributed by atoms with Gasteiger partial charge in [-0.05, 0) is 19.1 Å². The summed E-state index contributed by atoms with van der Waals surface area (Å²) in [6, 6.07) is 3.85. The summed E-state index contributed by atoms with van der Waals surface area (Å²) in [6.07, 6.45) is 0. The molecule has 0 saturated heterocycles. The second-order valence-corrected chi connectivity index (χ2v) is 6.45. The normalized spacial score (nSPS) is 11.8. The minimum absolute atomic E-state index is 0.0662. The molecule has 0 atom stereocenters. The van der Waals surface area contributed by atoms with Gasteiger partial charge in [-0.25, -0.2) is 9.78 Å². The molecule has 96 valence electrons. The third kappa shape index (κ3) is 2.31. The average Bonchev–Trinajstić information content (AvgIpc) is 2.81. The highest BCUT2D eigenvalue weighted by molar-refractivity contribution is 7.15. The van der Waals surface area contributed by atoms with Crippen LogP contribution in [0.25, 0.3) is 10.8 Å². The predicted octanol–water partition coefficient (Wildman–Crippen LogP) is 3.71. The Morgan fingerprint density at radius 3 is 2.44 bits per heavy atom. The van der Waals surface area contributed by atoms with Crippen LogP contribution < -0.4 is 0 Å². The van der Waals surface area contributed by atoms with Gasteiger partial charge in [0.05, 0.1) is 4.88 Å². The van der Waals surface area contributed by atoms with Gasteiger partial charge in [0.1, 0.15) is 5.69 Å². The van der Waals surface area contributed by atoms with Gasteiger partial charge in [-0.1, -0.05) is 20.8 Å². The molecule has 0 aliphatic carbocycles. The number of hydrogen-bond donors (Lipinski definition) is 1. The third-order valence-corrected chi connectivity index (χ3v) is 3.47. The molecule has 2 heterocycles. The molecular weight excluding hydrogens is 250 g/mol. The molecule has 0 amide bonds. The van der Waals surface area contributed by atoms with Crippen LogP contribution in [0.5, 0.6) is 0 Å². The molecule has 0 aliphatic heterocycles. The smallest absolute Gasteiger partial charge is 0.373 e. The molecule has 4 nitrogen and oxygen atoms in total. The maximum atomic E-state index is 11.2. The number of oxazole rings is 1. The van der Waals surface area contributed by atoms with Gasteiger partial charge >= 0.3 is 5.97 Å². The number of carboxylic acid groups (broad SMARTS) is 1. The minimum atomic E-state index is -1.08. The van der Waals surface area contributed by atoms with Crippen molar-refractivity contribution in [1.82, 2.24) is 4.98 Å². The summed E-state index contributed by atoms with van der Waals surface area (Å²) in [5.41, 5.74) is 0.123. The van der Waals surface area contributed by atoms with Crippen molar-refractivity contribution in [2.24, 2.45) is 0 Å². The van der Waals surface area contributed by atoms with Crippen molar-refractivity contribution in [3.05, 3.63) is 28.5 Å². The summed E-state index contributed by atoms with van der Waals surface area (Å²) >= 11 is 1.54. The van der Waals surface area contributed by atoms with Gasteiger partial charge in [0, 0.05) is 10.3 Å². The summed E-state index contributed by atoms with van der Waals surface area (Å²) in [7, 11) is 0. The number of hydrogen-bond acceptors (Lipinski definition) is 4. The Bertz CT molecular complexity index is 590. The van der Waals surface area contributed by atoms with Crippen LogP contribution in [0, 0.1) is 6.92 Å². The Morgan fingerprint density at radius 2 is 2.06 bits per heavy atom. The maximum Gasteiger partial charge on any atom is 0.373 e. The van der Waals surface area contributed by atoms with Crippen molar-refractivity contribution in [3.63, 3.8) is 0 Å². The fraction of sp³-hybridized carbons (Fsp3) is 0.385. The molecule has 0 aliphatic rings. The van der Waals surface area contributed by atoms with E-state index in [0.717, 1.165) is 9.75 Å². The van der Waals surface area contributed by atoms with E-state index in [1.165, 1.54) is 11.3 Å². The molecule has 0 bridgehead atoms. The van der Waals surface area contributed by atoms with Gasteiger partial charge in [0.25, 0.3) is 0 Å². The SMILES string of the molecule is Cc1ccc(-c2nc(C(C)(C)C)c(C(=O)O)o2)s1. The molecule has 2 aromatic heterocycles. The number of thiophene rings is 1. The van der Waals surface area contributed by atoms with E-state index >= 15 is 0 Å². The van der Waals surface area contributed by atoms with Crippen molar-refractivity contribution in [1.29, 1.82) is 0 Å². The van der Waals surface area contributed by atoms with Crippen LogP contribution in [0.4, 0.5) is 0 Å². The third-order valence-electron chi connectivity index (χ3n) is 2.48. The van der Waals surface area contributed by atoms with Crippen molar-refractivity contribution >= 4 is 17.3 Å². The van der Waals surface area contributed by atoms with Crippen molar-refractivity contribution in [2.75, 3.05) is 0 Å². The zero-order valence-corrected chi connectivity index (χ0v) is 11.6. The molecule has 0 unspecified atom stereocenters. The number of rotatable bonds is 2. The first-order chi connectivity index (χ1) is 8.29. The first kappa shape index (κ1) is 12.8. The second kappa shape index (κ2) is 4.24. The topological polar surface area (TPSA) is 63.3 Å². The van der Waals surface area contributed by atoms with Crippen LogP contribution in [0.15, 0.2) is 16.5 Å². The lowest BCUT2D eigenvalue weighted by Crippen LogP contribution is -2.16. The highest BCUT2D eigenvalue weighted by Gasteiger charge is 2.29. The quantitative estimate of drug-likeness (QED) is 0.899. The molecule has 18 heavy (non-hydrogen) atoms. The monoisotopic (exact) mass is 265 g/mol. The largest absolute Gasteiger partial charge is 0.475 e. The molecule has 2 aromatic rings. The van der Waals surface area contributed by atoms with E-state index in [1.54, 1.807) is 0 Å². The molecule has 0 fully saturated rings. The molecule has 5 heteroatoms. The minimum Gasteiger partial charge on any atom is -0.475 e. The van der Waals surface area contributed by atoms with Crippen LogP contribution in [-0.2, 0) is 5.41 Å². The first-order valence-corrected chi connectivity index (χ1v) is 6.42. The lowest BCUT2D eigenvalue weighted by atomic mass is 9.91. The lowest BCUT2D eigenvalue weighted by molar-refractivity contribution is 0.0659. The van der Waals surface area contributed by atoms with Gasteiger partial charge in [-0.15, -0.1) is 11.3 Å². The Balaban J connectivity index is 2.56. The van der Waals surface area contributed by atoms with E-state index in [2.05, 4.69) is 4.98 Å². The number of aromatic nitrogens is 1. The molecule has 1 N–H and O–H groups in total. The molecule has 2 rings (SSSR count). The maximum absolute atomic E-state index is 11.2. The molecular formula is C13H15NO3S. The van der Waals surface area contributed by atoms with E-state index in [9.17, 15) is 4.79 Å². The standard InChI is InChI=1S/C13H15NO3S/c1-7-5-6-8(18-7)11-14-10(13(2,3)4)9(17-11)12(15)16/h5-6H,1-4H3,(H,15,16). The zero-order chi connectivity index (χ0) is 13.5. The Hall–Kier alpha value is -1.62. The second-order valence-electron chi connectivity index (χ2n) is 5.16. The molecule has 0 saturated carbocycles. The summed E-state index contributed by atoms with van der Waals surface area (Å²) in [5.74, 6) is -0.758.